The summed E-state index contributed by atoms with van der Waals surface area (Å²) >= 11 is 4.30. The molecular formula is C12H9BrN4O2S2. The maximum atomic E-state index is 12.5. The second kappa shape index (κ2) is 5.32. The number of pyridine rings is 1. The van der Waals surface area contributed by atoms with Crippen molar-refractivity contribution in [1.29, 1.82) is 0 Å². The van der Waals surface area contributed by atoms with Gasteiger partial charge in [0, 0.05) is 4.47 Å². The first kappa shape index (κ1) is 14.4. The molecule has 0 amide bonds. The fourth-order valence-corrected chi connectivity index (χ4v) is 3.78. The molecule has 0 aliphatic carbocycles. The largest absolute Gasteiger partial charge is 0.265 e. The van der Waals surface area contributed by atoms with Gasteiger partial charge in [-0.3, -0.25) is 4.72 Å². The van der Waals surface area contributed by atoms with Gasteiger partial charge in [-0.05, 0) is 47.1 Å². The highest BCUT2D eigenvalue weighted by Crippen LogP contribution is 2.37. The molecule has 2 aromatic rings. The number of anilines is 1. The second-order valence-electron chi connectivity index (χ2n) is 4.26. The monoisotopic (exact) mass is 384 g/mol. The van der Waals surface area contributed by atoms with Crippen LogP contribution in [-0.4, -0.2) is 13.4 Å². The summed E-state index contributed by atoms with van der Waals surface area (Å²) in [4.78, 5) is 4.27. The highest BCUT2D eigenvalue weighted by atomic mass is 79.9. The molecule has 0 radical (unpaired) electrons. The number of fused-ring (bicyclic) bond motifs is 1. The molecule has 0 bridgehead atoms. The molecule has 1 aliphatic rings. The third kappa shape index (κ3) is 2.76. The fourth-order valence-electron chi connectivity index (χ4n) is 1.79. The number of halogens is 1. The van der Waals surface area contributed by atoms with Gasteiger partial charge in [-0.1, -0.05) is 6.07 Å². The van der Waals surface area contributed by atoms with Crippen molar-refractivity contribution >= 4 is 54.5 Å². The van der Waals surface area contributed by atoms with Crippen molar-refractivity contribution in [2.24, 2.45) is 8.73 Å². The zero-order valence-electron chi connectivity index (χ0n) is 10.7. The molecule has 1 N–H and O–H groups in total. The molecule has 108 valence electrons. The van der Waals surface area contributed by atoms with E-state index in [4.69, 9.17) is 0 Å². The van der Waals surface area contributed by atoms with Crippen LogP contribution in [0.15, 0.2) is 48.4 Å². The SMILES string of the molecule is Cc1nc(NS(=O)(=O)c2cccc3c2N=S=N3)ccc1Br. The standard InChI is InChI=1S/C12H9BrN4O2S2/c1-7-8(13)5-6-11(14-7)17-21(18,19)10-4-2-3-9-12(10)16-20-15-9/h2-6H,1H3,(H,14,17). The molecule has 0 saturated carbocycles. The number of nitrogens with zero attached hydrogens (tertiary/aromatic N) is 3. The van der Waals surface area contributed by atoms with Crippen LogP contribution in [0.25, 0.3) is 0 Å². The van der Waals surface area contributed by atoms with Crippen LogP contribution in [0.3, 0.4) is 0 Å². The summed E-state index contributed by atoms with van der Waals surface area (Å²) in [5.74, 6) is 0.260. The van der Waals surface area contributed by atoms with Crippen molar-refractivity contribution in [3.63, 3.8) is 0 Å². The van der Waals surface area contributed by atoms with Crippen molar-refractivity contribution in [3.8, 4) is 0 Å². The lowest BCUT2D eigenvalue weighted by atomic mass is 10.3. The Balaban J connectivity index is 2.00. The Kier molecular flexibility index (Phi) is 3.64. The average Bonchev–Trinajstić information content (AvgIpc) is 2.90. The van der Waals surface area contributed by atoms with Crippen LogP contribution >= 0.6 is 15.9 Å². The van der Waals surface area contributed by atoms with Gasteiger partial charge in [-0.2, -0.15) is 8.73 Å². The maximum Gasteiger partial charge on any atom is 0.265 e. The average molecular weight is 385 g/mol. The van der Waals surface area contributed by atoms with Crippen LogP contribution in [0, 0.1) is 6.92 Å². The summed E-state index contributed by atoms with van der Waals surface area (Å²) in [5, 5.41) is 0. The van der Waals surface area contributed by atoms with Gasteiger partial charge in [0.2, 0.25) is 0 Å². The van der Waals surface area contributed by atoms with Crippen LogP contribution < -0.4 is 4.72 Å². The minimum absolute atomic E-state index is 0.0936. The number of hydrogen-bond donors (Lipinski definition) is 1. The second-order valence-corrected chi connectivity index (χ2v) is 7.29. The third-order valence-electron chi connectivity index (χ3n) is 2.80. The lowest BCUT2D eigenvalue weighted by Crippen LogP contribution is -2.14. The van der Waals surface area contributed by atoms with Crippen LogP contribution in [0.2, 0.25) is 0 Å². The van der Waals surface area contributed by atoms with Gasteiger partial charge in [0.05, 0.1) is 17.0 Å². The number of rotatable bonds is 3. The predicted octanol–water partition coefficient (Wildman–Crippen LogP) is 3.68. The smallest absolute Gasteiger partial charge is 0.263 e. The van der Waals surface area contributed by atoms with Crippen LogP contribution in [0.4, 0.5) is 17.2 Å². The molecule has 1 aromatic heterocycles. The summed E-state index contributed by atoms with van der Waals surface area (Å²) < 4.78 is 36.3. The lowest BCUT2D eigenvalue weighted by molar-refractivity contribution is 0.601. The molecule has 3 rings (SSSR count). The van der Waals surface area contributed by atoms with E-state index in [0.29, 0.717) is 17.1 Å². The van der Waals surface area contributed by atoms with Gasteiger partial charge in [0.25, 0.3) is 10.0 Å². The van der Waals surface area contributed by atoms with Crippen molar-refractivity contribution in [3.05, 3.63) is 40.5 Å². The van der Waals surface area contributed by atoms with Crippen molar-refractivity contribution < 1.29 is 8.42 Å². The Morgan fingerprint density at radius 3 is 2.76 bits per heavy atom. The molecule has 0 spiro atoms. The minimum atomic E-state index is -3.76. The number of aryl methyl sites for hydroxylation is 1. The van der Waals surface area contributed by atoms with E-state index >= 15 is 0 Å². The Bertz CT molecular complexity index is 905. The highest BCUT2D eigenvalue weighted by Gasteiger charge is 2.22. The van der Waals surface area contributed by atoms with Crippen LogP contribution in [-0.2, 0) is 21.4 Å². The molecule has 0 saturated heterocycles. The normalized spacial score (nSPS) is 12.9. The summed E-state index contributed by atoms with van der Waals surface area (Å²) in [5.41, 5.74) is 1.62. The van der Waals surface area contributed by atoms with Gasteiger partial charge < -0.3 is 0 Å². The number of hydrogen-bond acceptors (Lipinski definition) is 5. The van der Waals surface area contributed by atoms with E-state index in [2.05, 4.69) is 34.4 Å². The van der Waals surface area contributed by atoms with Crippen LogP contribution in [0.5, 0.6) is 0 Å². The number of sulfonamides is 1. The molecular weight excluding hydrogens is 376 g/mol. The first-order valence-corrected chi connectivity index (χ1v) is 8.85. The number of nitrogens with one attached hydrogen (secondary N) is 1. The van der Waals surface area contributed by atoms with E-state index in [-0.39, 0.29) is 10.7 Å². The van der Waals surface area contributed by atoms with E-state index in [1.165, 1.54) is 6.07 Å². The van der Waals surface area contributed by atoms with Gasteiger partial charge in [-0.15, -0.1) is 0 Å². The first-order valence-electron chi connectivity index (χ1n) is 5.84. The third-order valence-corrected chi connectivity index (χ3v) is 5.57. The quantitative estimate of drug-likeness (QED) is 0.747. The zero-order chi connectivity index (χ0) is 15.0. The molecule has 21 heavy (non-hydrogen) atoms. The van der Waals surface area contributed by atoms with E-state index in [9.17, 15) is 8.42 Å². The first-order chi connectivity index (χ1) is 9.97. The fraction of sp³-hybridized carbons (Fsp3) is 0.0833. The summed E-state index contributed by atoms with van der Waals surface area (Å²) in [6.07, 6.45) is 0. The molecule has 0 fully saturated rings. The topological polar surface area (TPSA) is 83.8 Å². The van der Waals surface area contributed by atoms with E-state index in [1.54, 1.807) is 31.2 Å². The maximum absolute atomic E-state index is 12.5. The van der Waals surface area contributed by atoms with E-state index < -0.39 is 10.0 Å². The van der Waals surface area contributed by atoms with Crippen molar-refractivity contribution in [2.45, 2.75) is 11.8 Å². The summed E-state index contributed by atoms with van der Waals surface area (Å²) in [6, 6.07) is 8.19. The van der Waals surface area contributed by atoms with E-state index in [0.717, 1.165) is 15.8 Å². The van der Waals surface area contributed by atoms with Gasteiger partial charge in [-0.25, -0.2) is 13.4 Å². The molecule has 0 unspecified atom stereocenters. The summed E-state index contributed by atoms with van der Waals surface area (Å²) in [7, 11) is -3.76. The van der Waals surface area contributed by atoms with Gasteiger partial charge >= 0.3 is 0 Å². The minimum Gasteiger partial charge on any atom is -0.263 e. The van der Waals surface area contributed by atoms with Crippen molar-refractivity contribution in [1.82, 2.24) is 4.98 Å². The number of benzene rings is 1. The molecule has 0 atom stereocenters. The van der Waals surface area contributed by atoms with E-state index in [1.807, 2.05) is 0 Å². The van der Waals surface area contributed by atoms with Gasteiger partial charge in [0.1, 0.15) is 22.1 Å². The highest BCUT2D eigenvalue weighted by molar-refractivity contribution is 9.10. The summed E-state index contributed by atoms with van der Waals surface area (Å²) in [6.45, 7) is 1.78. The number of aromatic nitrogens is 1. The van der Waals surface area contributed by atoms with Crippen LogP contribution in [0.1, 0.15) is 5.69 Å². The Morgan fingerprint density at radius 2 is 2.00 bits per heavy atom. The Labute approximate surface area is 133 Å². The Hall–Kier alpha value is -1.58. The van der Waals surface area contributed by atoms with Gasteiger partial charge in [0.15, 0.2) is 0 Å². The van der Waals surface area contributed by atoms with Crippen molar-refractivity contribution in [2.75, 3.05) is 4.72 Å². The molecule has 1 aromatic carbocycles. The Morgan fingerprint density at radius 1 is 1.19 bits per heavy atom. The molecule has 1 aliphatic heterocycles. The molecule has 9 heteroatoms. The molecule has 6 nitrogen and oxygen atoms in total. The predicted molar refractivity (Wildman–Crippen MR) is 85.5 cm³/mol. The molecule has 2 heterocycles. The zero-order valence-corrected chi connectivity index (χ0v) is 14.0. The lowest BCUT2D eigenvalue weighted by Gasteiger charge is -2.10.